The van der Waals surface area contributed by atoms with Gasteiger partial charge in [0.15, 0.2) is 5.78 Å². The molecule has 0 atom stereocenters. The van der Waals surface area contributed by atoms with Crippen LogP contribution in [-0.2, 0) is 16.0 Å². The fourth-order valence-corrected chi connectivity index (χ4v) is 4.33. The average Bonchev–Trinajstić information content (AvgIpc) is 2.66. The summed E-state index contributed by atoms with van der Waals surface area (Å²) in [6.45, 7) is 2.61. The van der Waals surface area contributed by atoms with Crippen molar-refractivity contribution in [2.24, 2.45) is 0 Å². The minimum absolute atomic E-state index is 0.263. The van der Waals surface area contributed by atoms with Crippen LogP contribution in [-0.4, -0.2) is 18.0 Å². The standard InChI is InChI=1S/C15H21BrO2S/c1-2-18-15(8-5-3-4-6-9-15)14(17)11-13-12(16)7-10-19-13/h7,10H,2-6,8-9,11H2,1H3. The first kappa shape index (κ1) is 15.2. The molecule has 0 spiro atoms. The largest absolute Gasteiger partial charge is 0.367 e. The summed E-state index contributed by atoms with van der Waals surface area (Å²) in [5.41, 5.74) is -0.519. The summed E-state index contributed by atoms with van der Waals surface area (Å²) in [5, 5.41) is 2.02. The second-order valence-corrected chi connectivity index (χ2v) is 6.99. The summed E-state index contributed by atoms with van der Waals surface area (Å²) >= 11 is 5.15. The van der Waals surface area contributed by atoms with E-state index in [0.29, 0.717) is 13.0 Å². The predicted octanol–water partition coefficient (Wildman–Crippen LogP) is 4.75. The lowest BCUT2D eigenvalue weighted by Crippen LogP contribution is -2.42. The Kier molecular flexibility index (Phi) is 5.60. The lowest BCUT2D eigenvalue weighted by Gasteiger charge is -2.31. The molecule has 0 aromatic carbocycles. The minimum Gasteiger partial charge on any atom is -0.367 e. The molecule has 1 aliphatic rings. The Morgan fingerprint density at radius 3 is 2.58 bits per heavy atom. The first-order valence-corrected chi connectivity index (χ1v) is 8.74. The van der Waals surface area contributed by atoms with Crippen molar-refractivity contribution in [1.29, 1.82) is 0 Å². The summed E-state index contributed by atoms with van der Waals surface area (Å²) in [6, 6.07) is 2.01. The topological polar surface area (TPSA) is 26.3 Å². The minimum atomic E-state index is -0.519. The maximum absolute atomic E-state index is 12.7. The summed E-state index contributed by atoms with van der Waals surface area (Å²) < 4.78 is 6.99. The monoisotopic (exact) mass is 344 g/mol. The van der Waals surface area contributed by atoms with E-state index >= 15 is 0 Å². The van der Waals surface area contributed by atoms with E-state index in [0.717, 1.165) is 35.0 Å². The van der Waals surface area contributed by atoms with Gasteiger partial charge in [0.05, 0.1) is 0 Å². The van der Waals surface area contributed by atoms with Crippen molar-refractivity contribution >= 4 is 33.0 Å². The highest BCUT2D eigenvalue weighted by molar-refractivity contribution is 9.10. The van der Waals surface area contributed by atoms with E-state index in [4.69, 9.17) is 4.74 Å². The molecule has 1 saturated carbocycles. The van der Waals surface area contributed by atoms with Crippen LogP contribution in [0.4, 0.5) is 0 Å². The molecular formula is C15H21BrO2S. The smallest absolute Gasteiger partial charge is 0.169 e. The molecular weight excluding hydrogens is 324 g/mol. The van der Waals surface area contributed by atoms with Crippen molar-refractivity contribution in [3.8, 4) is 0 Å². The molecule has 2 rings (SSSR count). The van der Waals surface area contributed by atoms with Gasteiger partial charge in [-0.3, -0.25) is 4.79 Å². The molecule has 0 N–H and O–H groups in total. The van der Waals surface area contributed by atoms with Crippen molar-refractivity contribution in [3.63, 3.8) is 0 Å². The van der Waals surface area contributed by atoms with Gasteiger partial charge in [-0.1, -0.05) is 25.7 Å². The van der Waals surface area contributed by atoms with Gasteiger partial charge in [-0.05, 0) is 47.1 Å². The number of hydrogen-bond donors (Lipinski definition) is 0. The molecule has 1 aromatic rings. The van der Waals surface area contributed by atoms with E-state index in [1.807, 2.05) is 18.4 Å². The van der Waals surface area contributed by atoms with Crippen LogP contribution in [0.2, 0.25) is 0 Å². The number of ketones is 1. The Morgan fingerprint density at radius 2 is 2.05 bits per heavy atom. The van der Waals surface area contributed by atoms with Crippen molar-refractivity contribution < 1.29 is 9.53 Å². The van der Waals surface area contributed by atoms with Crippen LogP contribution in [0.25, 0.3) is 0 Å². The number of carbonyl (C=O) groups is 1. The SMILES string of the molecule is CCOC1(C(=O)Cc2sccc2Br)CCCCCC1. The number of Topliss-reactive ketones (excluding diaryl/α,β-unsaturated/α-hetero) is 1. The molecule has 0 radical (unpaired) electrons. The lowest BCUT2D eigenvalue weighted by atomic mass is 9.87. The van der Waals surface area contributed by atoms with Crippen LogP contribution in [0.1, 0.15) is 50.3 Å². The third-order valence-electron chi connectivity index (χ3n) is 3.85. The Balaban J connectivity index is 2.13. The third-order valence-corrected chi connectivity index (χ3v) is 5.78. The van der Waals surface area contributed by atoms with Crippen LogP contribution < -0.4 is 0 Å². The molecule has 0 bridgehead atoms. The molecule has 1 fully saturated rings. The fourth-order valence-electron chi connectivity index (χ4n) is 2.84. The van der Waals surface area contributed by atoms with Gasteiger partial charge >= 0.3 is 0 Å². The molecule has 1 heterocycles. The third kappa shape index (κ3) is 3.67. The molecule has 0 unspecified atom stereocenters. The molecule has 0 aliphatic heterocycles. The number of hydrogen-bond acceptors (Lipinski definition) is 3. The average molecular weight is 345 g/mol. The fraction of sp³-hybridized carbons (Fsp3) is 0.667. The number of ether oxygens (including phenoxy) is 1. The zero-order valence-corrected chi connectivity index (χ0v) is 13.8. The summed E-state index contributed by atoms with van der Waals surface area (Å²) in [4.78, 5) is 13.9. The molecule has 19 heavy (non-hydrogen) atoms. The predicted molar refractivity (Wildman–Crippen MR) is 82.8 cm³/mol. The van der Waals surface area contributed by atoms with E-state index < -0.39 is 5.60 Å². The summed E-state index contributed by atoms with van der Waals surface area (Å²) in [6.07, 6.45) is 6.95. The highest BCUT2D eigenvalue weighted by Gasteiger charge is 2.39. The summed E-state index contributed by atoms with van der Waals surface area (Å²) in [5.74, 6) is 0.263. The molecule has 1 aliphatic carbocycles. The quantitative estimate of drug-likeness (QED) is 0.720. The van der Waals surface area contributed by atoms with E-state index in [-0.39, 0.29) is 5.78 Å². The van der Waals surface area contributed by atoms with Crippen LogP contribution in [0.15, 0.2) is 15.9 Å². The second kappa shape index (κ2) is 7.00. The maximum atomic E-state index is 12.7. The summed E-state index contributed by atoms with van der Waals surface area (Å²) in [7, 11) is 0. The van der Waals surface area contributed by atoms with Gasteiger partial charge in [0, 0.05) is 22.4 Å². The Hall–Kier alpha value is -0.190. The van der Waals surface area contributed by atoms with Crippen molar-refractivity contribution in [1.82, 2.24) is 0 Å². The van der Waals surface area contributed by atoms with Gasteiger partial charge in [0.25, 0.3) is 0 Å². The normalized spacial score (nSPS) is 19.1. The van der Waals surface area contributed by atoms with Gasteiger partial charge in [0.1, 0.15) is 5.60 Å². The molecule has 106 valence electrons. The Bertz CT molecular complexity index is 420. The van der Waals surface area contributed by atoms with Gasteiger partial charge in [-0.25, -0.2) is 0 Å². The number of halogens is 1. The van der Waals surface area contributed by atoms with Crippen LogP contribution >= 0.6 is 27.3 Å². The van der Waals surface area contributed by atoms with E-state index in [2.05, 4.69) is 15.9 Å². The number of carbonyl (C=O) groups excluding carboxylic acids is 1. The lowest BCUT2D eigenvalue weighted by molar-refractivity contribution is -0.145. The van der Waals surface area contributed by atoms with Crippen molar-refractivity contribution in [2.75, 3.05) is 6.61 Å². The second-order valence-electron chi connectivity index (χ2n) is 5.13. The molecule has 2 nitrogen and oxygen atoms in total. The Labute approximate surface area is 127 Å². The van der Waals surface area contributed by atoms with Crippen LogP contribution in [0, 0.1) is 0 Å². The van der Waals surface area contributed by atoms with E-state index in [1.165, 1.54) is 12.8 Å². The Morgan fingerprint density at radius 1 is 1.37 bits per heavy atom. The molecule has 0 saturated heterocycles. The van der Waals surface area contributed by atoms with Crippen LogP contribution in [0.3, 0.4) is 0 Å². The first-order chi connectivity index (χ1) is 9.18. The van der Waals surface area contributed by atoms with Gasteiger partial charge in [-0.2, -0.15) is 0 Å². The molecule has 1 aromatic heterocycles. The first-order valence-electron chi connectivity index (χ1n) is 7.07. The van der Waals surface area contributed by atoms with Crippen LogP contribution in [0.5, 0.6) is 0 Å². The zero-order valence-electron chi connectivity index (χ0n) is 11.4. The maximum Gasteiger partial charge on any atom is 0.169 e. The highest BCUT2D eigenvalue weighted by Crippen LogP contribution is 2.34. The van der Waals surface area contributed by atoms with Gasteiger partial charge in [0.2, 0.25) is 0 Å². The van der Waals surface area contributed by atoms with Gasteiger partial charge < -0.3 is 4.74 Å². The van der Waals surface area contributed by atoms with Crippen molar-refractivity contribution in [2.45, 2.75) is 57.5 Å². The number of thiophene rings is 1. The highest BCUT2D eigenvalue weighted by atomic mass is 79.9. The molecule has 0 amide bonds. The van der Waals surface area contributed by atoms with Gasteiger partial charge in [-0.15, -0.1) is 11.3 Å². The number of rotatable bonds is 5. The molecule has 4 heteroatoms. The van der Waals surface area contributed by atoms with E-state index in [9.17, 15) is 4.79 Å². The van der Waals surface area contributed by atoms with E-state index in [1.54, 1.807) is 11.3 Å². The zero-order chi connectivity index (χ0) is 13.7. The van der Waals surface area contributed by atoms with Crippen molar-refractivity contribution in [3.05, 3.63) is 20.8 Å².